The third-order valence-electron chi connectivity index (χ3n) is 3.09. The summed E-state index contributed by atoms with van der Waals surface area (Å²) in [5.74, 6) is 0.404. The van der Waals surface area contributed by atoms with Gasteiger partial charge in [-0.2, -0.15) is 0 Å². The minimum atomic E-state index is -0.216. The Labute approximate surface area is 91.2 Å². The van der Waals surface area contributed by atoms with Gasteiger partial charge in [0, 0.05) is 18.8 Å². The second-order valence-electron chi connectivity index (χ2n) is 4.23. The molecule has 0 unspecified atom stereocenters. The van der Waals surface area contributed by atoms with Crippen molar-refractivity contribution >= 4 is 11.8 Å². The van der Waals surface area contributed by atoms with E-state index >= 15 is 0 Å². The summed E-state index contributed by atoms with van der Waals surface area (Å²) in [6, 6.07) is 0. The van der Waals surface area contributed by atoms with Crippen LogP contribution in [0.15, 0.2) is 0 Å². The van der Waals surface area contributed by atoms with Crippen LogP contribution in [0.2, 0.25) is 0 Å². The van der Waals surface area contributed by atoms with Crippen molar-refractivity contribution in [2.45, 2.75) is 51.4 Å². The lowest BCUT2D eigenvalue weighted by atomic mass is 9.85. The van der Waals surface area contributed by atoms with E-state index in [4.69, 9.17) is 0 Å². The molecular weight excluding hydrogens is 192 g/mol. The molecule has 3 nitrogen and oxygen atoms in total. The molecule has 1 aliphatic carbocycles. The van der Waals surface area contributed by atoms with Gasteiger partial charge in [-0.3, -0.25) is 9.59 Å². The Hall–Kier alpha value is -0.860. The number of carbonyl (C=O) groups is 2. The molecule has 1 aliphatic rings. The van der Waals surface area contributed by atoms with E-state index in [0.717, 1.165) is 12.8 Å². The van der Waals surface area contributed by atoms with Crippen LogP contribution in [-0.2, 0) is 14.3 Å². The number of ketones is 1. The monoisotopic (exact) mass is 212 g/mol. The fraction of sp³-hybridized carbons (Fsp3) is 0.833. The summed E-state index contributed by atoms with van der Waals surface area (Å²) in [6.07, 6.45) is 7.30. The van der Waals surface area contributed by atoms with Crippen molar-refractivity contribution in [1.29, 1.82) is 0 Å². The lowest BCUT2D eigenvalue weighted by molar-refractivity contribution is -0.140. The summed E-state index contributed by atoms with van der Waals surface area (Å²) in [5, 5.41) is 0. The molecule has 0 bridgehead atoms. The molecule has 1 saturated carbocycles. The highest BCUT2D eigenvalue weighted by atomic mass is 16.5. The molecular formula is C12H20O3. The molecule has 0 saturated heterocycles. The number of esters is 1. The molecule has 15 heavy (non-hydrogen) atoms. The van der Waals surface area contributed by atoms with Crippen molar-refractivity contribution in [1.82, 2.24) is 0 Å². The van der Waals surface area contributed by atoms with Crippen LogP contribution >= 0.6 is 0 Å². The molecule has 0 radical (unpaired) electrons. The SMILES string of the molecule is COC(=O)CCCC(=O)C1CCCCC1. The molecule has 1 rings (SSSR count). The van der Waals surface area contributed by atoms with Gasteiger partial charge in [0.1, 0.15) is 5.78 Å². The molecule has 86 valence electrons. The Balaban J connectivity index is 2.14. The average molecular weight is 212 g/mol. The van der Waals surface area contributed by atoms with Crippen LogP contribution < -0.4 is 0 Å². The van der Waals surface area contributed by atoms with Crippen molar-refractivity contribution in [3.05, 3.63) is 0 Å². The molecule has 1 fully saturated rings. The van der Waals surface area contributed by atoms with Crippen LogP contribution in [0.25, 0.3) is 0 Å². The van der Waals surface area contributed by atoms with E-state index in [1.807, 2.05) is 0 Å². The van der Waals surface area contributed by atoms with Gasteiger partial charge in [0.15, 0.2) is 0 Å². The molecule has 0 aromatic rings. The van der Waals surface area contributed by atoms with E-state index < -0.39 is 0 Å². The predicted octanol–water partition coefficient (Wildman–Crippen LogP) is 2.48. The van der Waals surface area contributed by atoms with Crippen LogP contribution in [0.4, 0.5) is 0 Å². The normalized spacial score (nSPS) is 17.4. The van der Waals surface area contributed by atoms with Crippen molar-refractivity contribution in [3.8, 4) is 0 Å². The summed E-state index contributed by atoms with van der Waals surface area (Å²) in [4.78, 5) is 22.6. The first-order valence-electron chi connectivity index (χ1n) is 5.83. The highest BCUT2D eigenvalue weighted by molar-refractivity contribution is 5.81. The zero-order valence-corrected chi connectivity index (χ0v) is 9.46. The van der Waals surface area contributed by atoms with Crippen LogP contribution in [0.5, 0.6) is 0 Å². The first-order chi connectivity index (χ1) is 7.24. The summed E-state index contributed by atoms with van der Waals surface area (Å²) in [7, 11) is 1.38. The maximum absolute atomic E-state index is 11.7. The Kier molecular flexibility index (Phi) is 5.37. The fourth-order valence-electron chi connectivity index (χ4n) is 2.14. The molecule has 0 aromatic heterocycles. The minimum Gasteiger partial charge on any atom is -0.469 e. The lowest BCUT2D eigenvalue weighted by Gasteiger charge is -2.19. The number of Topliss-reactive ketones (excluding diaryl/α,β-unsaturated/α-hetero) is 1. The lowest BCUT2D eigenvalue weighted by Crippen LogP contribution is -2.17. The number of carbonyl (C=O) groups excluding carboxylic acids is 2. The van der Waals surface area contributed by atoms with E-state index in [1.54, 1.807) is 0 Å². The molecule has 0 amide bonds. The second kappa shape index (κ2) is 6.59. The van der Waals surface area contributed by atoms with E-state index in [1.165, 1.54) is 26.4 Å². The Bertz CT molecular complexity index is 217. The summed E-state index contributed by atoms with van der Waals surface area (Å²) < 4.78 is 4.53. The molecule has 0 N–H and O–H groups in total. The highest BCUT2D eigenvalue weighted by Gasteiger charge is 2.20. The Morgan fingerprint density at radius 2 is 1.80 bits per heavy atom. The molecule has 0 spiro atoms. The first kappa shape index (κ1) is 12.2. The van der Waals surface area contributed by atoms with Gasteiger partial charge in [-0.15, -0.1) is 0 Å². The predicted molar refractivity (Wildman–Crippen MR) is 57.4 cm³/mol. The third kappa shape index (κ3) is 4.45. The fourth-order valence-corrected chi connectivity index (χ4v) is 2.14. The van der Waals surface area contributed by atoms with Gasteiger partial charge in [0.25, 0.3) is 0 Å². The van der Waals surface area contributed by atoms with Crippen molar-refractivity contribution in [2.24, 2.45) is 5.92 Å². The van der Waals surface area contributed by atoms with E-state index in [2.05, 4.69) is 4.74 Å². The highest BCUT2D eigenvalue weighted by Crippen LogP contribution is 2.25. The van der Waals surface area contributed by atoms with Crippen LogP contribution in [0, 0.1) is 5.92 Å². The molecule has 0 aromatic carbocycles. The second-order valence-corrected chi connectivity index (χ2v) is 4.23. The average Bonchev–Trinajstić information content (AvgIpc) is 2.29. The topological polar surface area (TPSA) is 43.4 Å². The zero-order chi connectivity index (χ0) is 11.1. The number of hydrogen-bond donors (Lipinski definition) is 0. The summed E-state index contributed by atoms with van der Waals surface area (Å²) >= 11 is 0. The maximum Gasteiger partial charge on any atom is 0.305 e. The van der Waals surface area contributed by atoms with Gasteiger partial charge >= 0.3 is 5.97 Å². The number of rotatable bonds is 5. The van der Waals surface area contributed by atoms with Crippen molar-refractivity contribution in [2.75, 3.05) is 7.11 Å². The maximum atomic E-state index is 11.7. The van der Waals surface area contributed by atoms with Gasteiger partial charge in [-0.1, -0.05) is 19.3 Å². The number of methoxy groups -OCH3 is 1. The van der Waals surface area contributed by atoms with Gasteiger partial charge in [0.2, 0.25) is 0 Å². The van der Waals surface area contributed by atoms with Gasteiger partial charge in [-0.25, -0.2) is 0 Å². The van der Waals surface area contributed by atoms with E-state index in [0.29, 0.717) is 25.0 Å². The standard InChI is InChI=1S/C12H20O3/c1-15-12(14)9-5-8-11(13)10-6-3-2-4-7-10/h10H,2-9H2,1H3. The minimum absolute atomic E-state index is 0.216. The third-order valence-corrected chi connectivity index (χ3v) is 3.09. The van der Waals surface area contributed by atoms with E-state index in [-0.39, 0.29) is 11.9 Å². The van der Waals surface area contributed by atoms with Gasteiger partial charge in [-0.05, 0) is 19.3 Å². The largest absolute Gasteiger partial charge is 0.469 e. The van der Waals surface area contributed by atoms with Crippen LogP contribution in [0.1, 0.15) is 51.4 Å². The zero-order valence-electron chi connectivity index (χ0n) is 9.46. The number of ether oxygens (including phenoxy) is 1. The first-order valence-corrected chi connectivity index (χ1v) is 5.83. The van der Waals surface area contributed by atoms with E-state index in [9.17, 15) is 9.59 Å². The van der Waals surface area contributed by atoms with Gasteiger partial charge < -0.3 is 4.74 Å². The molecule has 0 heterocycles. The van der Waals surface area contributed by atoms with Crippen molar-refractivity contribution in [3.63, 3.8) is 0 Å². The van der Waals surface area contributed by atoms with Crippen LogP contribution in [0.3, 0.4) is 0 Å². The number of hydrogen-bond acceptors (Lipinski definition) is 3. The summed E-state index contributed by atoms with van der Waals surface area (Å²) in [5.41, 5.74) is 0. The Morgan fingerprint density at radius 3 is 2.40 bits per heavy atom. The van der Waals surface area contributed by atoms with Crippen molar-refractivity contribution < 1.29 is 14.3 Å². The van der Waals surface area contributed by atoms with Gasteiger partial charge in [0.05, 0.1) is 7.11 Å². The Morgan fingerprint density at radius 1 is 1.13 bits per heavy atom. The molecule has 0 aliphatic heterocycles. The molecule has 3 heteroatoms. The summed E-state index contributed by atoms with van der Waals surface area (Å²) in [6.45, 7) is 0. The molecule has 0 atom stereocenters. The quantitative estimate of drug-likeness (QED) is 0.657. The van der Waals surface area contributed by atoms with Crippen LogP contribution in [-0.4, -0.2) is 18.9 Å². The smallest absolute Gasteiger partial charge is 0.305 e.